The summed E-state index contributed by atoms with van der Waals surface area (Å²) in [7, 11) is 4.04. The van der Waals surface area contributed by atoms with Crippen LogP contribution in [0.15, 0.2) is 0 Å². The van der Waals surface area contributed by atoms with E-state index in [1.165, 1.54) is 25.0 Å². The normalized spacial score (nSPS) is 23.9. The molecule has 1 unspecified atom stereocenters. The van der Waals surface area contributed by atoms with Gasteiger partial charge in [0.05, 0.1) is 0 Å². The summed E-state index contributed by atoms with van der Waals surface area (Å²) in [6, 6.07) is 0. The van der Waals surface area contributed by atoms with Crippen molar-refractivity contribution in [3.05, 3.63) is 0 Å². The van der Waals surface area contributed by atoms with Crippen LogP contribution < -0.4 is 10.6 Å². The molecular formula is C14H27N3OS2. The highest BCUT2D eigenvalue weighted by Crippen LogP contribution is 2.39. The quantitative estimate of drug-likeness (QED) is 0.527. The molecule has 20 heavy (non-hydrogen) atoms. The molecule has 6 heteroatoms. The van der Waals surface area contributed by atoms with Gasteiger partial charge in [0.15, 0.2) is 0 Å². The van der Waals surface area contributed by atoms with E-state index in [9.17, 15) is 4.79 Å². The fraction of sp³-hybridized carbons (Fsp3) is 0.929. The summed E-state index contributed by atoms with van der Waals surface area (Å²) in [5.74, 6) is 1.54. The molecule has 0 bridgehead atoms. The van der Waals surface area contributed by atoms with Gasteiger partial charge in [0.2, 0.25) is 5.91 Å². The molecule has 0 saturated carbocycles. The van der Waals surface area contributed by atoms with E-state index in [1.807, 2.05) is 21.6 Å². The highest BCUT2D eigenvalue weighted by molar-refractivity contribution is 8.77. The summed E-state index contributed by atoms with van der Waals surface area (Å²) >= 11 is 0. The average Bonchev–Trinajstić information content (AvgIpc) is 2.98. The van der Waals surface area contributed by atoms with Crippen LogP contribution >= 0.6 is 21.6 Å². The molecule has 4 nitrogen and oxygen atoms in total. The standard InChI is InChI=1S/C14H27N3OS2/c18-14(4-2-1-3-13-5-12-19-20-13)16-8-11-17-9-6-15-7-10-17/h13,15H,1-12H2,(H,16,18). The topological polar surface area (TPSA) is 44.4 Å². The minimum atomic E-state index is 0.230. The first kappa shape index (κ1) is 16.5. The van der Waals surface area contributed by atoms with Crippen molar-refractivity contribution in [3.63, 3.8) is 0 Å². The molecule has 0 radical (unpaired) electrons. The maximum absolute atomic E-state index is 11.7. The lowest BCUT2D eigenvalue weighted by molar-refractivity contribution is -0.121. The highest BCUT2D eigenvalue weighted by atomic mass is 33.1. The van der Waals surface area contributed by atoms with E-state index in [-0.39, 0.29) is 5.91 Å². The van der Waals surface area contributed by atoms with Crippen LogP contribution in [-0.4, -0.2) is 61.1 Å². The Morgan fingerprint density at radius 1 is 1.30 bits per heavy atom. The number of nitrogens with zero attached hydrogens (tertiary/aromatic N) is 1. The van der Waals surface area contributed by atoms with Crippen LogP contribution in [0.1, 0.15) is 32.1 Å². The number of carbonyl (C=O) groups excluding carboxylic acids is 1. The summed E-state index contributed by atoms with van der Waals surface area (Å²) in [4.78, 5) is 14.1. The molecule has 2 aliphatic heterocycles. The molecular weight excluding hydrogens is 290 g/mol. The van der Waals surface area contributed by atoms with Gasteiger partial charge in [0, 0.05) is 56.7 Å². The lowest BCUT2D eigenvalue weighted by atomic mass is 10.1. The Balaban J connectivity index is 1.41. The number of rotatable bonds is 8. The molecule has 116 valence electrons. The minimum Gasteiger partial charge on any atom is -0.355 e. The SMILES string of the molecule is O=C(CCCCC1CCSS1)NCCN1CCNCC1. The molecule has 0 aromatic rings. The molecule has 2 saturated heterocycles. The Morgan fingerprint density at radius 3 is 2.90 bits per heavy atom. The molecule has 1 amide bonds. The highest BCUT2D eigenvalue weighted by Gasteiger charge is 2.15. The number of unbranched alkanes of at least 4 members (excludes halogenated alkanes) is 1. The number of piperazine rings is 1. The maximum Gasteiger partial charge on any atom is 0.220 e. The van der Waals surface area contributed by atoms with E-state index >= 15 is 0 Å². The number of amides is 1. The Hall–Kier alpha value is 0.0900. The van der Waals surface area contributed by atoms with Crippen molar-refractivity contribution in [2.24, 2.45) is 0 Å². The van der Waals surface area contributed by atoms with Crippen LogP contribution in [0.5, 0.6) is 0 Å². The lowest BCUT2D eigenvalue weighted by Crippen LogP contribution is -2.46. The predicted molar refractivity (Wildman–Crippen MR) is 89.2 cm³/mol. The molecule has 2 aliphatic rings. The molecule has 0 aromatic heterocycles. The third-order valence-electron chi connectivity index (χ3n) is 3.87. The van der Waals surface area contributed by atoms with Crippen molar-refractivity contribution >= 4 is 27.5 Å². The van der Waals surface area contributed by atoms with Crippen molar-refractivity contribution in [1.82, 2.24) is 15.5 Å². The van der Waals surface area contributed by atoms with Gasteiger partial charge in [-0.15, -0.1) is 0 Å². The third kappa shape index (κ3) is 6.70. The summed E-state index contributed by atoms with van der Waals surface area (Å²) in [6.07, 6.45) is 5.58. The first-order valence-electron chi connectivity index (χ1n) is 7.82. The van der Waals surface area contributed by atoms with Crippen LogP contribution in [0.3, 0.4) is 0 Å². The van der Waals surface area contributed by atoms with Gasteiger partial charge >= 0.3 is 0 Å². The second kappa shape index (κ2) is 9.92. The molecule has 0 spiro atoms. The lowest BCUT2D eigenvalue weighted by Gasteiger charge is -2.27. The zero-order valence-electron chi connectivity index (χ0n) is 12.2. The fourth-order valence-electron chi connectivity index (χ4n) is 2.60. The van der Waals surface area contributed by atoms with Gasteiger partial charge in [0.25, 0.3) is 0 Å². The molecule has 1 atom stereocenters. The summed E-state index contributed by atoms with van der Waals surface area (Å²) in [5, 5.41) is 7.23. The van der Waals surface area contributed by atoms with Crippen molar-refractivity contribution in [3.8, 4) is 0 Å². The van der Waals surface area contributed by atoms with Gasteiger partial charge in [-0.1, -0.05) is 28.0 Å². The van der Waals surface area contributed by atoms with Crippen LogP contribution in [0, 0.1) is 0 Å². The second-order valence-corrected chi connectivity index (χ2v) is 8.30. The van der Waals surface area contributed by atoms with Gasteiger partial charge in [0.1, 0.15) is 0 Å². The number of carbonyl (C=O) groups is 1. The summed E-state index contributed by atoms with van der Waals surface area (Å²) in [6.45, 7) is 6.15. The monoisotopic (exact) mass is 317 g/mol. The van der Waals surface area contributed by atoms with E-state index in [4.69, 9.17) is 0 Å². The molecule has 2 heterocycles. The summed E-state index contributed by atoms with van der Waals surface area (Å²) in [5.41, 5.74) is 0. The van der Waals surface area contributed by atoms with Crippen molar-refractivity contribution in [2.75, 3.05) is 45.0 Å². The van der Waals surface area contributed by atoms with Gasteiger partial charge < -0.3 is 10.6 Å². The van der Waals surface area contributed by atoms with E-state index in [0.29, 0.717) is 6.42 Å². The zero-order valence-corrected chi connectivity index (χ0v) is 13.9. The summed E-state index contributed by atoms with van der Waals surface area (Å²) < 4.78 is 0. The predicted octanol–water partition coefficient (Wildman–Crippen LogP) is 1.72. The largest absolute Gasteiger partial charge is 0.355 e. The van der Waals surface area contributed by atoms with E-state index < -0.39 is 0 Å². The Kier molecular flexibility index (Phi) is 8.17. The molecule has 0 aliphatic carbocycles. The van der Waals surface area contributed by atoms with Crippen LogP contribution in [-0.2, 0) is 4.79 Å². The van der Waals surface area contributed by atoms with Crippen LogP contribution in [0.4, 0.5) is 0 Å². The first-order valence-corrected chi connectivity index (χ1v) is 10.2. The van der Waals surface area contributed by atoms with Gasteiger partial charge in [-0.2, -0.15) is 0 Å². The van der Waals surface area contributed by atoms with E-state index in [2.05, 4.69) is 15.5 Å². The molecule has 2 rings (SSSR count). The van der Waals surface area contributed by atoms with Crippen molar-refractivity contribution in [1.29, 1.82) is 0 Å². The fourth-order valence-corrected chi connectivity index (χ4v) is 5.63. The molecule has 2 fully saturated rings. The third-order valence-corrected chi connectivity index (χ3v) is 6.87. The second-order valence-electron chi connectivity index (χ2n) is 5.52. The first-order chi connectivity index (χ1) is 9.84. The van der Waals surface area contributed by atoms with Gasteiger partial charge in [-0.05, 0) is 19.3 Å². The minimum absolute atomic E-state index is 0.230. The number of hydrogen-bond acceptors (Lipinski definition) is 5. The van der Waals surface area contributed by atoms with Crippen molar-refractivity contribution in [2.45, 2.75) is 37.4 Å². The Bertz CT molecular complexity index is 280. The van der Waals surface area contributed by atoms with Crippen LogP contribution in [0.2, 0.25) is 0 Å². The van der Waals surface area contributed by atoms with E-state index in [1.54, 1.807) is 0 Å². The van der Waals surface area contributed by atoms with Crippen LogP contribution in [0.25, 0.3) is 0 Å². The molecule has 2 N–H and O–H groups in total. The van der Waals surface area contributed by atoms with Gasteiger partial charge in [-0.3, -0.25) is 9.69 Å². The number of nitrogens with one attached hydrogen (secondary N) is 2. The maximum atomic E-state index is 11.7. The van der Waals surface area contributed by atoms with E-state index in [0.717, 1.165) is 50.9 Å². The smallest absolute Gasteiger partial charge is 0.220 e. The average molecular weight is 318 g/mol. The number of hydrogen-bond donors (Lipinski definition) is 2. The zero-order chi connectivity index (χ0) is 14.0. The van der Waals surface area contributed by atoms with Gasteiger partial charge in [-0.25, -0.2) is 0 Å². The Labute approximate surface area is 130 Å². The Morgan fingerprint density at radius 2 is 2.15 bits per heavy atom. The molecule has 0 aromatic carbocycles. The van der Waals surface area contributed by atoms with Crippen molar-refractivity contribution < 1.29 is 4.79 Å².